The first kappa shape index (κ1) is 38.3. The first-order valence-corrected chi connectivity index (χ1v) is 27.7. The molecule has 0 spiro atoms. The van der Waals surface area contributed by atoms with Gasteiger partial charge in [-0.2, -0.15) is 0 Å². The molecule has 0 saturated carbocycles. The molecule has 2 aliphatic rings. The molecule has 0 bridgehead atoms. The number of aryl methyl sites for hydroxylation is 1. The average Bonchev–Trinajstić information content (AvgIpc) is 3.69. The summed E-state index contributed by atoms with van der Waals surface area (Å²) in [5.74, 6) is 0. The predicted octanol–water partition coefficient (Wildman–Crippen LogP) is 15.2. The van der Waals surface area contributed by atoms with Gasteiger partial charge in [0.25, 0.3) is 6.71 Å². The van der Waals surface area contributed by atoms with Gasteiger partial charge >= 0.3 is 0 Å². The van der Waals surface area contributed by atoms with Gasteiger partial charge in [-0.05, 0) is 146 Å². The molecular formula is C60H64BN3SSi. The maximum atomic E-state index is 9.36. The van der Waals surface area contributed by atoms with Crippen LogP contribution in [0.5, 0.6) is 0 Å². The van der Waals surface area contributed by atoms with E-state index in [1.165, 1.54) is 47.9 Å². The highest BCUT2D eigenvalue weighted by Crippen LogP contribution is 2.50. The van der Waals surface area contributed by atoms with E-state index in [0.717, 1.165) is 39.5 Å². The van der Waals surface area contributed by atoms with Crippen molar-refractivity contribution in [3.05, 3.63) is 174 Å². The number of thiophene rings is 1. The van der Waals surface area contributed by atoms with Crippen LogP contribution >= 0.6 is 11.3 Å². The van der Waals surface area contributed by atoms with E-state index in [9.17, 15) is 2.74 Å². The molecule has 0 saturated heterocycles. The normalized spacial score (nSPS) is 14.8. The molecule has 66 heavy (non-hydrogen) atoms. The topological polar surface area (TPSA) is 9.72 Å². The van der Waals surface area contributed by atoms with Crippen LogP contribution in [0.4, 0.5) is 50.5 Å². The number of nitrogens with zero attached hydrogens (tertiary/aromatic N) is 3. The Kier molecular flexibility index (Phi) is 9.08. The molecule has 0 aliphatic carbocycles. The van der Waals surface area contributed by atoms with Gasteiger partial charge in [-0.3, -0.25) is 0 Å². The number of hydrogen-bond acceptors (Lipinski definition) is 4. The Morgan fingerprint density at radius 2 is 1.06 bits per heavy atom. The Morgan fingerprint density at radius 3 is 1.62 bits per heavy atom. The van der Waals surface area contributed by atoms with E-state index in [1.54, 1.807) is 0 Å². The van der Waals surface area contributed by atoms with Crippen LogP contribution in [0.15, 0.2) is 152 Å². The minimum absolute atomic E-state index is 0.00129. The SMILES string of the molecule is [2H]c1c([2H])c([2H])c(N(c2ccc([Si](C)(C)C)cc2)c2ccc3c(c2)N(c2ccc(C(C)(C)C)cc2)c2cc(C)cc4c2B3c2c(sc3ccc(C(C)(C)C)cc23)N4c2ccc(C(C)(C)C)cc2)c([2H])c1[2H]. The van der Waals surface area contributed by atoms with Gasteiger partial charge in [0.15, 0.2) is 0 Å². The number of fused-ring (bicyclic) bond motifs is 6. The quantitative estimate of drug-likeness (QED) is 0.154. The summed E-state index contributed by atoms with van der Waals surface area (Å²) in [5, 5.41) is 3.72. The zero-order valence-corrected chi connectivity index (χ0v) is 42.7. The molecule has 0 atom stereocenters. The molecule has 3 heterocycles. The van der Waals surface area contributed by atoms with E-state index in [1.807, 2.05) is 28.4 Å². The largest absolute Gasteiger partial charge is 0.311 e. The molecule has 10 rings (SSSR count). The molecule has 0 unspecified atom stereocenters. The lowest BCUT2D eigenvalue weighted by Crippen LogP contribution is -2.61. The fourth-order valence-corrected chi connectivity index (χ4v) is 12.3. The van der Waals surface area contributed by atoms with Gasteiger partial charge in [0.05, 0.1) is 19.9 Å². The molecule has 332 valence electrons. The summed E-state index contributed by atoms with van der Waals surface area (Å²) in [7, 11) is -1.71. The van der Waals surface area contributed by atoms with Crippen LogP contribution in [0.1, 0.15) is 91.4 Å². The number of anilines is 9. The summed E-state index contributed by atoms with van der Waals surface area (Å²) in [6.45, 7) is 29.3. The molecule has 0 N–H and O–H groups in total. The molecule has 0 radical (unpaired) electrons. The average molecular weight is 903 g/mol. The van der Waals surface area contributed by atoms with Gasteiger partial charge in [-0.15, -0.1) is 11.3 Å². The Labute approximate surface area is 406 Å². The van der Waals surface area contributed by atoms with E-state index in [2.05, 4.69) is 208 Å². The lowest BCUT2D eigenvalue weighted by Gasteiger charge is -2.44. The molecule has 8 aromatic rings. The molecule has 0 fully saturated rings. The fourth-order valence-electron chi connectivity index (χ4n) is 9.87. The van der Waals surface area contributed by atoms with Gasteiger partial charge in [-0.1, -0.05) is 160 Å². The van der Waals surface area contributed by atoms with Crippen molar-refractivity contribution >= 4 is 108 Å². The number of hydrogen-bond donors (Lipinski definition) is 0. The highest BCUT2D eigenvalue weighted by Gasteiger charge is 2.46. The summed E-state index contributed by atoms with van der Waals surface area (Å²) >= 11 is 1.85. The van der Waals surface area contributed by atoms with Crippen molar-refractivity contribution < 1.29 is 6.85 Å². The lowest BCUT2D eigenvalue weighted by atomic mass is 9.33. The smallest absolute Gasteiger partial charge is 0.254 e. The minimum Gasteiger partial charge on any atom is -0.311 e. The molecule has 1 aromatic heterocycles. The third-order valence-electron chi connectivity index (χ3n) is 13.6. The van der Waals surface area contributed by atoms with Crippen molar-refractivity contribution in [1.82, 2.24) is 0 Å². The first-order valence-electron chi connectivity index (χ1n) is 25.9. The second-order valence-corrected chi connectivity index (χ2v) is 28.7. The van der Waals surface area contributed by atoms with Gasteiger partial charge in [0, 0.05) is 50.2 Å². The monoisotopic (exact) mass is 902 g/mol. The highest BCUT2D eigenvalue weighted by atomic mass is 32.1. The van der Waals surface area contributed by atoms with Crippen LogP contribution in [-0.4, -0.2) is 14.8 Å². The summed E-state index contributed by atoms with van der Waals surface area (Å²) < 4.78 is 46.2. The second-order valence-electron chi connectivity index (χ2n) is 22.5. The third-order valence-corrected chi connectivity index (χ3v) is 16.9. The van der Waals surface area contributed by atoms with Gasteiger partial charge in [0.2, 0.25) is 0 Å². The van der Waals surface area contributed by atoms with E-state index >= 15 is 0 Å². The van der Waals surface area contributed by atoms with Crippen LogP contribution in [-0.2, 0) is 16.2 Å². The van der Waals surface area contributed by atoms with Crippen molar-refractivity contribution in [2.24, 2.45) is 0 Å². The summed E-state index contributed by atoms with van der Waals surface area (Å²) in [6, 6.07) is 43.1. The Bertz CT molecular complexity index is 3400. The predicted molar refractivity (Wildman–Crippen MR) is 294 cm³/mol. The fraction of sp³-hybridized carbons (Fsp3) is 0.267. The first-order chi connectivity index (χ1) is 33.2. The van der Waals surface area contributed by atoms with Crippen LogP contribution in [0, 0.1) is 6.92 Å². The second kappa shape index (κ2) is 15.6. The van der Waals surface area contributed by atoms with Crippen molar-refractivity contribution in [2.75, 3.05) is 14.7 Å². The zero-order valence-electron chi connectivity index (χ0n) is 45.9. The third kappa shape index (κ3) is 7.60. The summed E-state index contributed by atoms with van der Waals surface area (Å²) in [5.41, 5.74) is 15.3. The van der Waals surface area contributed by atoms with Crippen LogP contribution < -0.4 is 36.3 Å². The van der Waals surface area contributed by atoms with E-state index in [-0.39, 0.29) is 52.8 Å². The van der Waals surface area contributed by atoms with E-state index in [0.29, 0.717) is 11.4 Å². The number of benzene rings is 7. The van der Waals surface area contributed by atoms with Crippen molar-refractivity contribution in [2.45, 2.75) is 105 Å². The standard InChI is InChI=1S/C60H64BN3SSi/c1-39-35-52-56-53(36-39)64(46-26-21-41(22-27-46)59(5,6)7)57-55(49-37-42(60(8,9)10)23-34-54(49)65-57)61(56)50-33-30-47(38-51(50)63(52)45-24-19-40(20-25-45)58(2,3)4)62(43-17-15-14-16-18-43)44-28-31-48(32-29-44)66(11,12)13/h14-38H,1-13H3/i14D,15D,16D,17D,18D. The van der Waals surface area contributed by atoms with Gasteiger partial charge in [-0.25, -0.2) is 0 Å². The summed E-state index contributed by atoms with van der Waals surface area (Å²) in [6.07, 6.45) is 0. The molecule has 0 amide bonds. The van der Waals surface area contributed by atoms with Crippen molar-refractivity contribution in [1.29, 1.82) is 0 Å². The van der Waals surface area contributed by atoms with Crippen LogP contribution in [0.25, 0.3) is 10.1 Å². The molecule has 2 aliphatic heterocycles. The number of para-hydroxylation sites is 1. The van der Waals surface area contributed by atoms with Crippen LogP contribution in [0.3, 0.4) is 0 Å². The lowest BCUT2D eigenvalue weighted by molar-refractivity contribution is 0.590. The van der Waals surface area contributed by atoms with E-state index < -0.39 is 14.1 Å². The Hall–Kier alpha value is -5.82. The summed E-state index contributed by atoms with van der Waals surface area (Å²) in [4.78, 5) is 6.79. The number of rotatable bonds is 6. The molecule has 6 heteroatoms. The van der Waals surface area contributed by atoms with E-state index in [4.69, 9.17) is 4.11 Å². The maximum absolute atomic E-state index is 9.36. The van der Waals surface area contributed by atoms with Crippen molar-refractivity contribution in [3.8, 4) is 0 Å². The van der Waals surface area contributed by atoms with Crippen LogP contribution in [0.2, 0.25) is 19.6 Å². The Balaban J connectivity index is 1.30. The minimum atomic E-state index is -1.71. The maximum Gasteiger partial charge on any atom is 0.254 e. The highest BCUT2D eigenvalue weighted by molar-refractivity contribution is 7.26. The van der Waals surface area contributed by atoms with Crippen molar-refractivity contribution in [3.63, 3.8) is 0 Å². The molecular weight excluding hydrogens is 834 g/mol. The molecule has 7 aromatic carbocycles. The van der Waals surface area contributed by atoms with Gasteiger partial charge < -0.3 is 14.7 Å². The zero-order chi connectivity index (χ0) is 51.0. The van der Waals surface area contributed by atoms with Gasteiger partial charge in [0.1, 0.15) is 0 Å². The molecule has 3 nitrogen and oxygen atoms in total. The Morgan fingerprint density at radius 1 is 0.530 bits per heavy atom.